The molecule has 1 atom stereocenters. The van der Waals surface area contributed by atoms with Crippen molar-refractivity contribution in [2.75, 3.05) is 13.7 Å². The number of benzene rings is 1. The Kier molecular flexibility index (Phi) is 5.38. The molecule has 0 bridgehead atoms. The summed E-state index contributed by atoms with van der Waals surface area (Å²) in [6.45, 7) is -0.0530. The predicted molar refractivity (Wildman–Crippen MR) is 83.6 cm³/mol. The van der Waals surface area contributed by atoms with Gasteiger partial charge in [-0.05, 0) is 25.3 Å². The lowest BCUT2D eigenvalue weighted by atomic mass is 10.1. The molecule has 2 rings (SSSR count). The average molecular weight is 372 g/mol. The van der Waals surface area contributed by atoms with Gasteiger partial charge in [-0.1, -0.05) is 0 Å². The minimum atomic E-state index is -4.45. The summed E-state index contributed by atoms with van der Waals surface area (Å²) >= 11 is 0. The first-order valence-electron chi connectivity index (χ1n) is 7.31. The maximum atomic E-state index is 13.0. The second-order valence-electron chi connectivity index (χ2n) is 5.39. The molecule has 1 heterocycles. The molecule has 0 spiro atoms. The van der Waals surface area contributed by atoms with Crippen LogP contribution in [0.5, 0.6) is 0 Å². The minimum absolute atomic E-state index is 0.0530. The molecule has 136 valence electrons. The Morgan fingerprint density at radius 3 is 2.60 bits per heavy atom. The van der Waals surface area contributed by atoms with Gasteiger partial charge in [-0.2, -0.15) is 4.31 Å². The summed E-state index contributed by atoms with van der Waals surface area (Å²) < 4.78 is 31.2. The lowest BCUT2D eigenvalue weighted by molar-refractivity contribution is -0.385. The summed E-state index contributed by atoms with van der Waals surface area (Å²) in [5.41, 5.74) is -0.919. The van der Waals surface area contributed by atoms with Gasteiger partial charge >= 0.3 is 11.9 Å². The van der Waals surface area contributed by atoms with E-state index in [1.54, 1.807) is 0 Å². The lowest BCUT2D eigenvalue weighted by Crippen LogP contribution is -2.48. The van der Waals surface area contributed by atoms with Gasteiger partial charge in [-0.15, -0.1) is 0 Å². The normalized spacial score (nSPS) is 18.5. The van der Waals surface area contributed by atoms with E-state index in [9.17, 15) is 33.2 Å². The highest BCUT2D eigenvalue weighted by atomic mass is 32.2. The van der Waals surface area contributed by atoms with Crippen LogP contribution in [0.25, 0.3) is 0 Å². The highest BCUT2D eigenvalue weighted by molar-refractivity contribution is 7.89. The molecule has 1 aromatic carbocycles. The van der Waals surface area contributed by atoms with E-state index in [1.807, 2.05) is 0 Å². The third-order valence-electron chi connectivity index (χ3n) is 3.91. The fourth-order valence-electron chi connectivity index (χ4n) is 2.68. The quantitative estimate of drug-likeness (QED) is 0.458. The SMILES string of the molecule is COC(=O)c1ccc([N+](=O)[O-])cc1S(=O)(=O)N1CCCCC1C(=O)O. The zero-order valence-corrected chi connectivity index (χ0v) is 14.1. The molecule has 0 radical (unpaired) electrons. The van der Waals surface area contributed by atoms with Crippen LogP contribution in [0.1, 0.15) is 29.6 Å². The van der Waals surface area contributed by atoms with Crippen molar-refractivity contribution in [3.63, 3.8) is 0 Å². The van der Waals surface area contributed by atoms with Crippen molar-refractivity contribution in [1.29, 1.82) is 0 Å². The van der Waals surface area contributed by atoms with Crippen molar-refractivity contribution in [3.05, 3.63) is 33.9 Å². The van der Waals surface area contributed by atoms with E-state index in [0.717, 1.165) is 29.6 Å². The van der Waals surface area contributed by atoms with Crippen LogP contribution in [0, 0.1) is 10.1 Å². The summed E-state index contributed by atoms with van der Waals surface area (Å²) in [7, 11) is -3.41. The van der Waals surface area contributed by atoms with E-state index in [2.05, 4.69) is 4.74 Å². The Labute approximate surface area is 143 Å². The van der Waals surface area contributed by atoms with Crippen LogP contribution in [0.3, 0.4) is 0 Å². The predicted octanol–water partition coefficient (Wildman–Crippen LogP) is 1.01. The molecule has 1 unspecified atom stereocenters. The smallest absolute Gasteiger partial charge is 0.339 e. The third kappa shape index (κ3) is 3.61. The summed E-state index contributed by atoms with van der Waals surface area (Å²) in [5, 5.41) is 20.2. The molecule has 1 aromatic rings. The van der Waals surface area contributed by atoms with Crippen LogP contribution in [0.4, 0.5) is 5.69 Å². The van der Waals surface area contributed by atoms with E-state index in [0.29, 0.717) is 12.8 Å². The Balaban J connectivity index is 2.63. The molecular formula is C14H16N2O8S. The Morgan fingerprint density at radius 1 is 1.36 bits per heavy atom. The number of methoxy groups -OCH3 is 1. The van der Waals surface area contributed by atoms with Crippen molar-refractivity contribution in [1.82, 2.24) is 4.31 Å². The van der Waals surface area contributed by atoms with Gasteiger partial charge < -0.3 is 9.84 Å². The Morgan fingerprint density at radius 2 is 2.04 bits per heavy atom. The van der Waals surface area contributed by atoms with Crippen molar-refractivity contribution < 1.29 is 32.8 Å². The van der Waals surface area contributed by atoms with Crippen molar-refractivity contribution in [2.24, 2.45) is 0 Å². The van der Waals surface area contributed by atoms with Gasteiger partial charge in [0.2, 0.25) is 10.0 Å². The fraction of sp³-hybridized carbons (Fsp3) is 0.429. The number of carboxylic acids is 1. The Hall–Kier alpha value is -2.53. The van der Waals surface area contributed by atoms with Gasteiger partial charge in [0, 0.05) is 18.7 Å². The molecule has 1 aliphatic heterocycles. The highest BCUT2D eigenvalue weighted by Gasteiger charge is 2.40. The van der Waals surface area contributed by atoms with E-state index in [4.69, 9.17) is 0 Å². The number of sulfonamides is 1. The van der Waals surface area contributed by atoms with Crippen LogP contribution in [0.2, 0.25) is 0 Å². The van der Waals surface area contributed by atoms with Gasteiger partial charge in [-0.25, -0.2) is 13.2 Å². The number of piperidine rings is 1. The minimum Gasteiger partial charge on any atom is -0.480 e. The molecule has 1 saturated heterocycles. The lowest BCUT2D eigenvalue weighted by Gasteiger charge is -2.32. The summed E-state index contributed by atoms with van der Waals surface area (Å²) in [6.07, 6.45) is 1.12. The van der Waals surface area contributed by atoms with E-state index >= 15 is 0 Å². The van der Waals surface area contributed by atoms with Gasteiger partial charge in [0.1, 0.15) is 10.9 Å². The summed E-state index contributed by atoms with van der Waals surface area (Å²) in [6, 6.07) is 1.42. The van der Waals surface area contributed by atoms with Gasteiger partial charge in [0.15, 0.2) is 0 Å². The fourth-order valence-corrected chi connectivity index (χ4v) is 4.53. The number of carbonyl (C=O) groups is 2. The maximum Gasteiger partial charge on any atom is 0.339 e. The van der Waals surface area contributed by atoms with E-state index in [-0.39, 0.29) is 18.5 Å². The summed E-state index contributed by atoms with van der Waals surface area (Å²) in [5.74, 6) is -2.30. The third-order valence-corrected chi connectivity index (χ3v) is 5.85. The molecule has 25 heavy (non-hydrogen) atoms. The summed E-state index contributed by atoms with van der Waals surface area (Å²) in [4.78, 5) is 32.8. The zero-order valence-electron chi connectivity index (χ0n) is 13.2. The van der Waals surface area contributed by atoms with Crippen LogP contribution in [0.15, 0.2) is 23.1 Å². The van der Waals surface area contributed by atoms with Crippen molar-refractivity contribution in [2.45, 2.75) is 30.2 Å². The topological polar surface area (TPSA) is 144 Å². The zero-order chi connectivity index (χ0) is 18.8. The standard InChI is InChI=1S/C14H16N2O8S/c1-24-14(19)10-6-5-9(16(20)21)8-12(10)25(22,23)15-7-3-2-4-11(15)13(17)18/h5-6,8,11H,2-4,7H2,1H3,(H,17,18). The number of carboxylic acid groups (broad SMARTS) is 1. The number of hydrogen-bond acceptors (Lipinski definition) is 7. The molecule has 0 aromatic heterocycles. The molecule has 1 N–H and O–H groups in total. The number of aliphatic carboxylic acids is 1. The Bertz CT molecular complexity index is 820. The molecule has 0 saturated carbocycles. The number of rotatable bonds is 5. The van der Waals surface area contributed by atoms with Gasteiger partial charge in [0.05, 0.1) is 17.6 Å². The number of hydrogen-bond donors (Lipinski definition) is 1. The molecular weight excluding hydrogens is 356 g/mol. The number of carbonyl (C=O) groups excluding carboxylic acids is 1. The maximum absolute atomic E-state index is 13.0. The first kappa shape index (κ1) is 18.8. The van der Waals surface area contributed by atoms with E-state index in [1.165, 1.54) is 0 Å². The molecule has 0 aliphatic carbocycles. The molecule has 11 heteroatoms. The van der Waals surface area contributed by atoms with Crippen molar-refractivity contribution >= 4 is 27.6 Å². The number of nitro groups is 1. The number of nitro benzene ring substituents is 1. The number of esters is 1. The number of ether oxygens (including phenoxy) is 1. The van der Waals surface area contributed by atoms with Crippen LogP contribution >= 0.6 is 0 Å². The number of non-ortho nitro benzene ring substituents is 1. The average Bonchev–Trinajstić information content (AvgIpc) is 2.60. The first-order valence-corrected chi connectivity index (χ1v) is 8.75. The molecule has 0 amide bonds. The molecule has 10 nitrogen and oxygen atoms in total. The van der Waals surface area contributed by atoms with Gasteiger partial charge in [-0.3, -0.25) is 14.9 Å². The van der Waals surface area contributed by atoms with Crippen LogP contribution in [-0.2, 0) is 19.6 Å². The number of nitrogens with zero attached hydrogens (tertiary/aromatic N) is 2. The van der Waals surface area contributed by atoms with E-state index < -0.39 is 43.5 Å². The largest absolute Gasteiger partial charge is 0.480 e. The molecule has 1 aliphatic rings. The second kappa shape index (κ2) is 7.15. The highest BCUT2D eigenvalue weighted by Crippen LogP contribution is 2.30. The first-order chi connectivity index (χ1) is 11.7. The second-order valence-corrected chi connectivity index (χ2v) is 7.25. The van der Waals surface area contributed by atoms with Crippen LogP contribution < -0.4 is 0 Å². The monoisotopic (exact) mass is 372 g/mol. The molecule has 1 fully saturated rings. The van der Waals surface area contributed by atoms with Crippen molar-refractivity contribution in [3.8, 4) is 0 Å². The van der Waals surface area contributed by atoms with Gasteiger partial charge in [0.25, 0.3) is 5.69 Å². The van der Waals surface area contributed by atoms with Crippen LogP contribution in [-0.4, -0.2) is 54.4 Å².